The predicted octanol–water partition coefficient (Wildman–Crippen LogP) is 6.68. The number of carbonyl (C=O) groups excluding carboxylic acids is 1. The number of amides is 2. The molecule has 0 bridgehead atoms. The Kier molecular flexibility index (Phi) is 8.74. The molecular formula is C33H35FN4O5. The molecule has 3 aromatic carbocycles. The molecule has 1 fully saturated rings. The van der Waals surface area contributed by atoms with E-state index in [2.05, 4.69) is 20.5 Å². The smallest absolute Gasteiger partial charge is 0.319 e. The molecule has 3 heterocycles. The first-order chi connectivity index (χ1) is 21.0. The number of halogens is 1. The van der Waals surface area contributed by atoms with Gasteiger partial charge in [-0.2, -0.15) is 0 Å². The molecular weight excluding hydrogens is 551 g/mol. The zero-order valence-electron chi connectivity index (χ0n) is 24.1. The largest absolute Gasteiger partial charge is 0.489 e. The Morgan fingerprint density at radius 1 is 1.00 bits per heavy atom. The Morgan fingerprint density at radius 3 is 2.51 bits per heavy atom. The number of urea groups is 1. The van der Waals surface area contributed by atoms with Gasteiger partial charge in [0, 0.05) is 24.5 Å². The summed E-state index contributed by atoms with van der Waals surface area (Å²) in [5.41, 5.74) is 2.08. The molecule has 224 valence electrons. The van der Waals surface area contributed by atoms with Crippen LogP contribution in [0.25, 0.3) is 10.9 Å². The second-order valence-corrected chi connectivity index (χ2v) is 10.7. The molecule has 1 atom stereocenters. The van der Waals surface area contributed by atoms with E-state index < -0.39 is 0 Å². The van der Waals surface area contributed by atoms with Crippen LogP contribution < -0.4 is 29.6 Å². The minimum atomic E-state index is -0.372. The van der Waals surface area contributed by atoms with Crippen molar-refractivity contribution in [2.45, 2.75) is 32.2 Å². The monoisotopic (exact) mass is 586 g/mol. The van der Waals surface area contributed by atoms with E-state index in [0.717, 1.165) is 18.5 Å². The van der Waals surface area contributed by atoms with Gasteiger partial charge in [-0.25, -0.2) is 9.18 Å². The molecule has 1 aromatic heterocycles. The van der Waals surface area contributed by atoms with Crippen molar-refractivity contribution in [3.63, 3.8) is 0 Å². The highest BCUT2D eigenvalue weighted by molar-refractivity contribution is 5.95. The van der Waals surface area contributed by atoms with Gasteiger partial charge >= 0.3 is 6.03 Å². The lowest BCUT2D eigenvalue weighted by Crippen LogP contribution is -2.31. The van der Waals surface area contributed by atoms with E-state index in [1.807, 2.05) is 13.0 Å². The quantitative estimate of drug-likeness (QED) is 0.200. The Labute approximate surface area is 249 Å². The third-order valence-electron chi connectivity index (χ3n) is 7.58. The molecule has 10 heteroatoms. The van der Waals surface area contributed by atoms with Crippen LogP contribution in [0.5, 0.6) is 28.7 Å². The maximum absolute atomic E-state index is 13.2. The second kappa shape index (κ2) is 13.2. The van der Waals surface area contributed by atoms with Crippen molar-refractivity contribution in [2.75, 3.05) is 44.8 Å². The zero-order chi connectivity index (χ0) is 29.6. The lowest BCUT2D eigenvalue weighted by atomic mass is 10.1. The maximum atomic E-state index is 13.2. The van der Waals surface area contributed by atoms with Crippen molar-refractivity contribution in [1.29, 1.82) is 0 Å². The number of anilines is 1. The number of nitrogens with zero attached hydrogens (tertiary/aromatic N) is 2. The lowest BCUT2D eigenvalue weighted by Gasteiger charge is -2.24. The van der Waals surface area contributed by atoms with Crippen molar-refractivity contribution in [1.82, 2.24) is 15.2 Å². The van der Waals surface area contributed by atoms with Crippen molar-refractivity contribution in [2.24, 2.45) is 0 Å². The van der Waals surface area contributed by atoms with Crippen molar-refractivity contribution >= 4 is 22.6 Å². The normalized spacial score (nSPS) is 15.2. The van der Waals surface area contributed by atoms with Crippen LogP contribution in [0.2, 0.25) is 0 Å². The molecule has 2 amide bonds. The number of benzene rings is 3. The summed E-state index contributed by atoms with van der Waals surface area (Å²) in [5, 5.41) is 6.37. The number of fused-ring (bicyclic) bond motifs is 3. The van der Waals surface area contributed by atoms with Gasteiger partial charge in [0.05, 0.1) is 23.6 Å². The summed E-state index contributed by atoms with van der Waals surface area (Å²) < 4.78 is 37.7. The lowest BCUT2D eigenvalue weighted by molar-refractivity contribution is 0.163. The number of pyridine rings is 1. The summed E-state index contributed by atoms with van der Waals surface area (Å²) in [6, 6.07) is 16.1. The number of likely N-dealkylation sites (tertiary alicyclic amines) is 1. The Balaban J connectivity index is 1.12. The number of hydrogen-bond acceptors (Lipinski definition) is 7. The minimum Gasteiger partial charge on any atom is -0.489 e. The average Bonchev–Trinajstić information content (AvgIpc) is 3.54. The molecule has 2 N–H and O–H groups in total. The number of carbonyl (C=O) groups is 1. The summed E-state index contributed by atoms with van der Waals surface area (Å²) in [7, 11) is 0. The first-order valence-electron chi connectivity index (χ1n) is 14.7. The number of nitrogens with one attached hydrogen (secondary N) is 2. The van der Waals surface area contributed by atoms with Gasteiger partial charge in [0.1, 0.15) is 30.5 Å². The molecule has 0 spiro atoms. The highest BCUT2D eigenvalue weighted by Gasteiger charge is 2.25. The molecule has 1 saturated heterocycles. The number of hydrogen-bond donors (Lipinski definition) is 2. The number of aromatic nitrogens is 1. The van der Waals surface area contributed by atoms with Gasteiger partial charge in [-0.3, -0.25) is 4.98 Å². The Morgan fingerprint density at radius 2 is 1.74 bits per heavy atom. The molecule has 9 nitrogen and oxygen atoms in total. The van der Waals surface area contributed by atoms with Gasteiger partial charge in [0.2, 0.25) is 5.75 Å². The predicted molar refractivity (Wildman–Crippen MR) is 162 cm³/mol. The van der Waals surface area contributed by atoms with Crippen molar-refractivity contribution in [3.05, 3.63) is 78.2 Å². The molecule has 0 unspecified atom stereocenters. The van der Waals surface area contributed by atoms with E-state index in [-0.39, 0.29) is 17.9 Å². The summed E-state index contributed by atoms with van der Waals surface area (Å²) in [6.45, 7) is 6.63. The van der Waals surface area contributed by atoms with E-state index in [4.69, 9.17) is 18.9 Å². The molecule has 2 aliphatic heterocycles. The highest BCUT2D eigenvalue weighted by atomic mass is 19.1. The van der Waals surface area contributed by atoms with Gasteiger partial charge in [-0.1, -0.05) is 12.1 Å². The van der Waals surface area contributed by atoms with Crippen LogP contribution in [0, 0.1) is 5.82 Å². The topological polar surface area (TPSA) is 94.2 Å². The van der Waals surface area contributed by atoms with Gasteiger partial charge < -0.3 is 34.5 Å². The van der Waals surface area contributed by atoms with Crippen molar-refractivity contribution < 1.29 is 28.1 Å². The third kappa shape index (κ3) is 6.91. The Bertz CT molecular complexity index is 1560. The van der Waals surface area contributed by atoms with Gasteiger partial charge in [0.25, 0.3) is 0 Å². The molecule has 0 radical (unpaired) electrons. The SMILES string of the molecule is C[C@H](NC(=O)Nc1ccc(Oc2ccnc3cc(OCCCN4CCCC4)c4c(c23)OCCO4)cc1)c1ccc(F)cc1. The number of rotatable bonds is 10. The van der Waals surface area contributed by atoms with Crippen LogP contribution in [-0.4, -0.2) is 55.4 Å². The number of ether oxygens (including phenoxy) is 4. The zero-order valence-corrected chi connectivity index (χ0v) is 24.1. The van der Waals surface area contributed by atoms with E-state index in [0.29, 0.717) is 65.2 Å². The molecule has 4 aromatic rings. The molecule has 0 saturated carbocycles. The third-order valence-corrected chi connectivity index (χ3v) is 7.58. The highest BCUT2D eigenvalue weighted by Crippen LogP contribution is 2.48. The van der Waals surface area contributed by atoms with E-state index in [9.17, 15) is 9.18 Å². The Hall–Kier alpha value is -4.57. The van der Waals surface area contributed by atoms with Gasteiger partial charge in [-0.05, 0) is 87.3 Å². The van der Waals surface area contributed by atoms with Crippen LogP contribution in [0.15, 0.2) is 66.9 Å². The van der Waals surface area contributed by atoms with Gasteiger partial charge in [0.15, 0.2) is 11.5 Å². The first-order valence-corrected chi connectivity index (χ1v) is 14.7. The van der Waals surface area contributed by atoms with Crippen LogP contribution in [0.3, 0.4) is 0 Å². The summed E-state index contributed by atoms with van der Waals surface area (Å²) in [5.74, 6) is 2.57. The van der Waals surface area contributed by atoms with E-state index >= 15 is 0 Å². The fourth-order valence-electron chi connectivity index (χ4n) is 5.37. The summed E-state index contributed by atoms with van der Waals surface area (Å²) >= 11 is 0. The molecule has 2 aliphatic rings. The molecule has 6 rings (SSSR count). The standard InChI is InChI=1S/C33H35FN4O5/c1-22(23-5-7-24(34)8-6-23)36-33(39)37-25-9-11-26(12-10-25)43-28-13-14-35-27-21-29(31-32(30(27)28)42-20-19-41-31)40-18-4-17-38-15-2-3-16-38/h5-14,21-22H,2-4,15-20H2,1H3,(H2,36,37,39)/t22-/m0/s1. The van der Waals surface area contributed by atoms with Crippen LogP contribution >= 0.6 is 0 Å². The van der Waals surface area contributed by atoms with E-state index in [1.165, 1.54) is 38.1 Å². The fourth-order valence-corrected chi connectivity index (χ4v) is 5.37. The van der Waals surface area contributed by atoms with Crippen molar-refractivity contribution in [3.8, 4) is 28.7 Å². The van der Waals surface area contributed by atoms with Crippen LogP contribution in [0.4, 0.5) is 14.9 Å². The van der Waals surface area contributed by atoms with Crippen LogP contribution in [0.1, 0.15) is 37.8 Å². The minimum absolute atomic E-state index is 0.291. The molecule has 43 heavy (non-hydrogen) atoms. The summed E-state index contributed by atoms with van der Waals surface area (Å²) in [4.78, 5) is 19.6. The van der Waals surface area contributed by atoms with Gasteiger partial charge in [-0.15, -0.1) is 0 Å². The fraction of sp³-hybridized carbons (Fsp3) is 0.333. The average molecular weight is 587 g/mol. The van der Waals surface area contributed by atoms with E-state index in [1.54, 1.807) is 48.7 Å². The van der Waals surface area contributed by atoms with Crippen LogP contribution in [-0.2, 0) is 0 Å². The summed E-state index contributed by atoms with van der Waals surface area (Å²) in [6.07, 6.45) is 5.17. The maximum Gasteiger partial charge on any atom is 0.319 e. The molecule has 0 aliphatic carbocycles. The second-order valence-electron chi connectivity index (χ2n) is 10.7. The first kappa shape index (κ1) is 28.5.